The van der Waals surface area contributed by atoms with Crippen LogP contribution in [-0.4, -0.2) is 57.9 Å². The number of hydrogen-bond donors (Lipinski definition) is 0. The molecule has 0 saturated carbocycles. The quantitative estimate of drug-likeness (QED) is 0.830. The number of benzene rings is 1. The molecule has 0 N–H and O–H groups in total. The van der Waals surface area contributed by atoms with E-state index in [0.717, 1.165) is 44.5 Å². The maximum Gasteiger partial charge on any atom is 0.243 e. The van der Waals surface area contributed by atoms with E-state index in [-0.39, 0.29) is 5.79 Å². The lowest BCUT2D eigenvalue weighted by Crippen LogP contribution is -2.45. The second-order valence-corrected chi connectivity index (χ2v) is 8.64. The van der Waals surface area contributed by atoms with E-state index in [1.807, 2.05) is 12.1 Å². The maximum atomic E-state index is 12.6. The van der Waals surface area contributed by atoms with Gasteiger partial charge in [-0.3, -0.25) is 0 Å². The van der Waals surface area contributed by atoms with E-state index in [1.54, 1.807) is 16.4 Å². The van der Waals surface area contributed by atoms with Crippen LogP contribution in [0.2, 0.25) is 0 Å². The highest BCUT2D eigenvalue weighted by Crippen LogP contribution is 2.33. The Morgan fingerprint density at radius 2 is 1.46 bits per heavy atom. The van der Waals surface area contributed by atoms with Crippen molar-refractivity contribution in [2.75, 3.05) is 44.3 Å². The molecular formula is C17H24N2O4S. The second-order valence-electron chi connectivity index (χ2n) is 6.70. The van der Waals surface area contributed by atoms with Gasteiger partial charge in [-0.2, -0.15) is 4.31 Å². The van der Waals surface area contributed by atoms with Gasteiger partial charge in [0.05, 0.1) is 18.1 Å². The van der Waals surface area contributed by atoms with Gasteiger partial charge in [-0.05, 0) is 37.1 Å². The maximum absolute atomic E-state index is 12.6. The first kappa shape index (κ1) is 16.3. The molecule has 1 aromatic rings. The summed E-state index contributed by atoms with van der Waals surface area (Å²) in [6, 6.07) is 7.29. The topological polar surface area (TPSA) is 59.1 Å². The first-order chi connectivity index (χ1) is 11.6. The SMILES string of the molecule is O=S(=O)(c1ccc(N2CCC3(CC2)OCCO3)cc1)N1CCCC1. The van der Waals surface area contributed by atoms with Crippen LogP contribution in [0.25, 0.3) is 0 Å². The molecule has 0 aromatic heterocycles. The Morgan fingerprint density at radius 1 is 0.875 bits per heavy atom. The van der Waals surface area contributed by atoms with Crippen LogP contribution in [0.5, 0.6) is 0 Å². The first-order valence-electron chi connectivity index (χ1n) is 8.72. The Balaban J connectivity index is 1.44. The van der Waals surface area contributed by atoms with Gasteiger partial charge in [0.25, 0.3) is 0 Å². The molecule has 0 atom stereocenters. The summed E-state index contributed by atoms with van der Waals surface area (Å²) in [4.78, 5) is 2.66. The predicted molar refractivity (Wildman–Crippen MR) is 90.5 cm³/mol. The van der Waals surface area contributed by atoms with Crippen LogP contribution in [-0.2, 0) is 19.5 Å². The lowest BCUT2D eigenvalue weighted by atomic mass is 10.0. The van der Waals surface area contributed by atoms with Gasteiger partial charge in [0.15, 0.2) is 5.79 Å². The van der Waals surface area contributed by atoms with E-state index in [0.29, 0.717) is 31.2 Å². The van der Waals surface area contributed by atoms with E-state index < -0.39 is 10.0 Å². The van der Waals surface area contributed by atoms with E-state index >= 15 is 0 Å². The number of hydrogen-bond acceptors (Lipinski definition) is 5. The molecule has 6 nitrogen and oxygen atoms in total. The molecule has 3 aliphatic heterocycles. The van der Waals surface area contributed by atoms with Crippen molar-refractivity contribution >= 4 is 15.7 Å². The predicted octanol–water partition coefficient (Wildman–Crippen LogP) is 1.81. The van der Waals surface area contributed by atoms with Crippen molar-refractivity contribution < 1.29 is 17.9 Å². The molecule has 7 heteroatoms. The van der Waals surface area contributed by atoms with E-state index in [9.17, 15) is 8.42 Å². The molecule has 0 unspecified atom stereocenters. The molecule has 24 heavy (non-hydrogen) atoms. The number of sulfonamides is 1. The Kier molecular flexibility index (Phi) is 4.28. The standard InChI is InChI=1S/C17H24N2O4S/c20-24(21,19-9-1-2-10-19)16-5-3-15(4-6-16)18-11-7-17(8-12-18)22-13-14-23-17/h3-6H,1-2,7-14H2. The minimum Gasteiger partial charge on any atom is -0.371 e. The van der Waals surface area contributed by atoms with Gasteiger partial charge in [0, 0.05) is 44.7 Å². The lowest BCUT2D eigenvalue weighted by Gasteiger charge is -2.38. The fraction of sp³-hybridized carbons (Fsp3) is 0.647. The minimum absolute atomic E-state index is 0.379. The van der Waals surface area contributed by atoms with Crippen molar-refractivity contribution in [2.45, 2.75) is 36.4 Å². The summed E-state index contributed by atoms with van der Waals surface area (Å²) >= 11 is 0. The van der Waals surface area contributed by atoms with Crippen LogP contribution in [0.4, 0.5) is 5.69 Å². The van der Waals surface area contributed by atoms with Crippen molar-refractivity contribution in [1.29, 1.82) is 0 Å². The highest BCUT2D eigenvalue weighted by atomic mass is 32.2. The van der Waals surface area contributed by atoms with Gasteiger partial charge in [0.2, 0.25) is 10.0 Å². The van der Waals surface area contributed by atoms with Crippen molar-refractivity contribution in [1.82, 2.24) is 4.31 Å². The molecule has 3 saturated heterocycles. The second kappa shape index (κ2) is 6.29. The summed E-state index contributed by atoms with van der Waals surface area (Å²) in [5.41, 5.74) is 1.06. The molecule has 4 rings (SSSR count). The van der Waals surface area contributed by atoms with Gasteiger partial charge in [0.1, 0.15) is 0 Å². The Morgan fingerprint density at radius 3 is 2.04 bits per heavy atom. The average Bonchev–Trinajstić information content (AvgIpc) is 3.28. The third-order valence-corrected chi connectivity index (χ3v) is 7.16. The smallest absolute Gasteiger partial charge is 0.243 e. The summed E-state index contributed by atoms with van der Waals surface area (Å²) in [6.45, 7) is 4.36. The summed E-state index contributed by atoms with van der Waals surface area (Å²) in [5, 5.41) is 0. The average molecular weight is 352 g/mol. The van der Waals surface area contributed by atoms with E-state index in [2.05, 4.69) is 4.90 Å². The van der Waals surface area contributed by atoms with Crippen molar-refractivity contribution in [3.8, 4) is 0 Å². The molecule has 3 aliphatic rings. The summed E-state index contributed by atoms with van der Waals surface area (Å²) in [5.74, 6) is -0.379. The number of anilines is 1. The van der Waals surface area contributed by atoms with Crippen LogP contribution in [0.15, 0.2) is 29.2 Å². The van der Waals surface area contributed by atoms with Gasteiger partial charge in [-0.25, -0.2) is 8.42 Å². The zero-order chi connectivity index (χ0) is 16.6. The van der Waals surface area contributed by atoms with E-state index in [4.69, 9.17) is 9.47 Å². The molecular weight excluding hydrogens is 328 g/mol. The van der Waals surface area contributed by atoms with E-state index in [1.165, 1.54) is 0 Å². The number of piperidine rings is 1. The molecule has 0 amide bonds. The molecule has 0 bridgehead atoms. The number of rotatable bonds is 3. The summed E-state index contributed by atoms with van der Waals surface area (Å²) in [6.07, 6.45) is 3.61. The zero-order valence-corrected chi connectivity index (χ0v) is 14.6. The summed E-state index contributed by atoms with van der Waals surface area (Å²) in [7, 11) is -3.33. The third-order valence-electron chi connectivity index (χ3n) is 5.24. The van der Waals surface area contributed by atoms with Gasteiger partial charge < -0.3 is 14.4 Å². The monoisotopic (exact) mass is 352 g/mol. The largest absolute Gasteiger partial charge is 0.371 e. The van der Waals surface area contributed by atoms with Crippen molar-refractivity contribution in [3.05, 3.63) is 24.3 Å². The summed E-state index contributed by atoms with van der Waals surface area (Å²) < 4.78 is 38.2. The molecule has 1 aromatic carbocycles. The van der Waals surface area contributed by atoms with Gasteiger partial charge in [-0.1, -0.05) is 0 Å². The first-order valence-corrected chi connectivity index (χ1v) is 10.2. The van der Waals surface area contributed by atoms with Gasteiger partial charge >= 0.3 is 0 Å². The third kappa shape index (κ3) is 2.94. The van der Waals surface area contributed by atoms with Crippen LogP contribution in [0, 0.1) is 0 Å². The Labute approximate surface area is 143 Å². The fourth-order valence-corrected chi connectivity index (χ4v) is 5.31. The highest BCUT2D eigenvalue weighted by Gasteiger charge is 2.39. The molecule has 0 radical (unpaired) electrons. The molecule has 3 heterocycles. The molecule has 132 valence electrons. The van der Waals surface area contributed by atoms with Crippen molar-refractivity contribution in [2.24, 2.45) is 0 Å². The van der Waals surface area contributed by atoms with Crippen molar-refractivity contribution in [3.63, 3.8) is 0 Å². The minimum atomic E-state index is -3.33. The highest BCUT2D eigenvalue weighted by molar-refractivity contribution is 7.89. The zero-order valence-electron chi connectivity index (χ0n) is 13.8. The van der Waals surface area contributed by atoms with Gasteiger partial charge in [-0.15, -0.1) is 0 Å². The number of ether oxygens (including phenoxy) is 2. The fourth-order valence-electron chi connectivity index (χ4n) is 3.80. The Hall–Kier alpha value is -1.15. The number of nitrogens with zero attached hydrogens (tertiary/aromatic N) is 2. The molecule has 1 spiro atoms. The van der Waals surface area contributed by atoms with Crippen LogP contribution >= 0.6 is 0 Å². The lowest BCUT2D eigenvalue weighted by molar-refractivity contribution is -0.169. The Bertz CT molecular complexity index is 667. The van der Waals surface area contributed by atoms with Crippen LogP contribution in [0.3, 0.4) is 0 Å². The normalized spacial score (nSPS) is 24.8. The van der Waals surface area contributed by atoms with Crippen LogP contribution in [0.1, 0.15) is 25.7 Å². The molecule has 0 aliphatic carbocycles. The van der Waals surface area contributed by atoms with Crippen LogP contribution < -0.4 is 4.90 Å². The molecule has 3 fully saturated rings.